The normalized spacial score (nSPS) is 12.0. The molecule has 1 unspecified atom stereocenters. The Hall–Kier alpha value is -1.81. The predicted molar refractivity (Wildman–Crippen MR) is 84.5 cm³/mol. The molecule has 1 heterocycles. The zero-order valence-corrected chi connectivity index (χ0v) is 12.7. The van der Waals surface area contributed by atoms with Crippen LogP contribution < -0.4 is 10.2 Å². The molecule has 0 saturated heterocycles. The zero-order valence-electron chi connectivity index (χ0n) is 12.0. The molecule has 0 saturated carbocycles. The van der Waals surface area contributed by atoms with E-state index in [1.165, 1.54) is 0 Å². The fourth-order valence-corrected chi connectivity index (χ4v) is 2.31. The van der Waals surface area contributed by atoms with E-state index in [9.17, 15) is 0 Å². The molecule has 0 aliphatic heterocycles. The third-order valence-corrected chi connectivity index (χ3v) is 3.62. The summed E-state index contributed by atoms with van der Waals surface area (Å²) in [5.41, 5.74) is 1.08. The van der Waals surface area contributed by atoms with Crippen molar-refractivity contribution in [2.24, 2.45) is 0 Å². The predicted octanol–water partition coefficient (Wildman–Crippen LogP) is 3.76. The molecule has 0 radical (unpaired) electrons. The third-order valence-electron chi connectivity index (χ3n) is 3.28. The quantitative estimate of drug-likeness (QED) is 0.910. The lowest BCUT2D eigenvalue weighted by molar-refractivity contribution is 0.727. The highest BCUT2D eigenvalue weighted by Gasteiger charge is 2.16. The van der Waals surface area contributed by atoms with Crippen LogP contribution in [0.3, 0.4) is 0 Å². The van der Waals surface area contributed by atoms with Crippen molar-refractivity contribution in [2.45, 2.75) is 19.9 Å². The molecule has 4 nitrogen and oxygen atoms in total. The molecule has 1 atom stereocenters. The summed E-state index contributed by atoms with van der Waals surface area (Å²) in [4.78, 5) is 10.8. The van der Waals surface area contributed by atoms with E-state index in [1.807, 2.05) is 38.2 Å². The maximum absolute atomic E-state index is 6.26. The van der Waals surface area contributed by atoms with Gasteiger partial charge in [0.2, 0.25) is 0 Å². The molecule has 20 heavy (non-hydrogen) atoms. The summed E-state index contributed by atoms with van der Waals surface area (Å²) in [6, 6.07) is 7.98. The fourth-order valence-electron chi connectivity index (χ4n) is 2.01. The van der Waals surface area contributed by atoms with Crippen molar-refractivity contribution in [2.75, 3.05) is 23.8 Å². The smallest absolute Gasteiger partial charge is 0.149 e. The van der Waals surface area contributed by atoms with Gasteiger partial charge in [-0.2, -0.15) is 0 Å². The second-order valence-corrected chi connectivity index (χ2v) is 5.01. The van der Waals surface area contributed by atoms with E-state index in [0.717, 1.165) is 28.8 Å². The molecule has 0 fully saturated rings. The van der Waals surface area contributed by atoms with E-state index in [0.29, 0.717) is 0 Å². The maximum Gasteiger partial charge on any atom is 0.149 e. The van der Waals surface area contributed by atoms with Gasteiger partial charge in [-0.15, -0.1) is 0 Å². The van der Waals surface area contributed by atoms with E-state index in [-0.39, 0.29) is 6.04 Å². The standard InChI is InChI=1S/C15H19ClN4/c1-4-18-14-9-17-10-15(19-14)20(3)11(2)12-7-5-6-8-13(12)16/h5-11H,4H2,1-3H3,(H,18,19). The van der Waals surface area contributed by atoms with Crippen molar-refractivity contribution in [3.8, 4) is 0 Å². The van der Waals surface area contributed by atoms with Gasteiger partial charge in [0, 0.05) is 18.6 Å². The molecule has 0 aliphatic rings. The van der Waals surface area contributed by atoms with Gasteiger partial charge < -0.3 is 10.2 Å². The highest BCUT2D eigenvalue weighted by atomic mass is 35.5. The summed E-state index contributed by atoms with van der Waals surface area (Å²) >= 11 is 6.26. The number of aromatic nitrogens is 2. The Morgan fingerprint density at radius 2 is 2.05 bits per heavy atom. The van der Waals surface area contributed by atoms with Gasteiger partial charge in [-0.05, 0) is 25.5 Å². The van der Waals surface area contributed by atoms with Crippen LogP contribution in [0.2, 0.25) is 5.02 Å². The van der Waals surface area contributed by atoms with Crippen LogP contribution in [-0.2, 0) is 0 Å². The number of halogens is 1. The van der Waals surface area contributed by atoms with Gasteiger partial charge >= 0.3 is 0 Å². The van der Waals surface area contributed by atoms with Crippen LogP contribution in [0, 0.1) is 0 Å². The Morgan fingerprint density at radius 1 is 1.30 bits per heavy atom. The fraction of sp³-hybridized carbons (Fsp3) is 0.333. The summed E-state index contributed by atoms with van der Waals surface area (Å²) < 4.78 is 0. The molecule has 0 spiro atoms. The van der Waals surface area contributed by atoms with Gasteiger partial charge in [0.15, 0.2) is 0 Å². The first-order chi connectivity index (χ1) is 9.63. The van der Waals surface area contributed by atoms with E-state index in [4.69, 9.17) is 11.6 Å². The number of nitrogens with zero attached hydrogens (tertiary/aromatic N) is 3. The Morgan fingerprint density at radius 3 is 2.75 bits per heavy atom. The second-order valence-electron chi connectivity index (χ2n) is 4.60. The number of rotatable bonds is 5. The van der Waals surface area contributed by atoms with Gasteiger partial charge in [0.05, 0.1) is 18.4 Å². The van der Waals surface area contributed by atoms with Crippen LogP contribution >= 0.6 is 11.6 Å². The van der Waals surface area contributed by atoms with Crippen molar-refractivity contribution in [3.05, 3.63) is 47.2 Å². The number of nitrogens with one attached hydrogen (secondary N) is 1. The molecule has 0 bridgehead atoms. The minimum Gasteiger partial charge on any atom is -0.369 e. The summed E-state index contributed by atoms with van der Waals surface area (Å²) in [5.74, 6) is 1.60. The molecule has 0 aliphatic carbocycles. The summed E-state index contributed by atoms with van der Waals surface area (Å²) in [6.07, 6.45) is 3.48. The monoisotopic (exact) mass is 290 g/mol. The van der Waals surface area contributed by atoms with Crippen molar-refractivity contribution in [3.63, 3.8) is 0 Å². The summed E-state index contributed by atoms with van der Waals surface area (Å²) in [6.45, 7) is 4.95. The Labute approximate surface area is 124 Å². The lowest BCUT2D eigenvalue weighted by Gasteiger charge is -2.27. The van der Waals surface area contributed by atoms with E-state index >= 15 is 0 Å². The molecule has 1 N–H and O–H groups in total. The van der Waals surface area contributed by atoms with Crippen molar-refractivity contribution >= 4 is 23.2 Å². The SMILES string of the molecule is CCNc1cncc(N(C)C(C)c2ccccc2Cl)n1. The van der Waals surface area contributed by atoms with Crippen molar-refractivity contribution in [1.29, 1.82) is 0 Å². The molecule has 5 heteroatoms. The molecular formula is C15H19ClN4. The highest BCUT2D eigenvalue weighted by molar-refractivity contribution is 6.31. The minimum absolute atomic E-state index is 0.120. The van der Waals surface area contributed by atoms with Crippen LogP contribution in [-0.4, -0.2) is 23.6 Å². The maximum atomic E-state index is 6.26. The lowest BCUT2D eigenvalue weighted by Crippen LogP contribution is -2.23. The lowest BCUT2D eigenvalue weighted by atomic mass is 10.1. The molecule has 2 aromatic rings. The minimum atomic E-state index is 0.120. The summed E-state index contributed by atoms with van der Waals surface area (Å²) in [5, 5.41) is 3.93. The first kappa shape index (κ1) is 14.6. The molecule has 106 valence electrons. The van der Waals surface area contributed by atoms with Crippen LogP contribution in [0.15, 0.2) is 36.7 Å². The van der Waals surface area contributed by atoms with Crippen molar-refractivity contribution in [1.82, 2.24) is 9.97 Å². The van der Waals surface area contributed by atoms with E-state index < -0.39 is 0 Å². The van der Waals surface area contributed by atoms with Crippen LogP contribution in [0.4, 0.5) is 11.6 Å². The number of anilines is 2. The first-order valence-corrected chi connectivity index (χ1v) is 7.04. The van der Waals surface area contributed by atoms with E-state index in [2.05, 4.69) is 27.1 Å². The molecule has 1 aromatic heterocycles. The average molecular weight is 291 g/mol. The van der Waals surface area contributed by atoms with Crippen LogP contribution in [0.5, 0.6) is 0 Å². The van der Waals surface area contributed by atoms with Gasteiger partial charge in [-0.1, -0.05) is 29.8 Å². The topological polar surface area (TPSA) is 41.1 Å². The molecular weight excluding hydrogens is 272 g/mol. The van der Waals surface area contributed by atoms with Gasteiger partial charge in [-0.25, -0.2) is 4.98 Å². The van der Waals surface area contributed by atoms with Crippen LogP contribution in [0.25, 0.3) is 0 Å². The molecule has 0 amide bonds. The molecule has 2 rings (SSSR count). The number of benzene rings is 1. The zero-order chi connectivity index (χ0) is 14.5. The second kappa shape index (κ2) is 6.57. The number of hydrogen-bond donors (Lipinski definition) is 1. The third kappa shape index (κ3) is 3.20. The Balaban J connectivity index is 2.24. The van der Waals surface area contributed by atoms with Gasteiger partial charge in [0.1, 0.15) is 11.6 Å². The first-order valence-electron chi connectivity index (χ1n) is 6.66. The van der Waals surface area contributed by atoms with Gasteiger partial charge in [0.25, 0.3) is 0 Å². The van der Waals surface area contributed by atoms with E-state index in [1.54, 1.807) is 12.4 Å². The highest BCUT2D eigenvalue weighted by Crippen LogP contribution is 2.28. The summed E-state index contributed by atoms with van der Waals surface area (Å²) in [7, 11) is 1.99. The number of hydrogen-bond acceptors (Lipinski definition) is 4. The Kier molecular flexibility index (Phi) is 4.79. The Bertz CT molecular complexity index is 573. The van der Waals surface area contributed by atoms with Crippen molar-refractivity contribution < 1.29 is 0 Å². The largest absolute Gasteiger partial charge is 0.369 e. The molecule has 1 aromatic carbocycles. The average Bonchev–Trinajstić information content (AvgIpc) is 2.47. The van der Waals surface area contributed by atoms with Crippen LogP contribution in [0.1, 0.15) is 25.5 Å². The van der Waals surface area contributed by atoms with Gasteiger partial charge in [-0.3, -0.25) is 4.98 Å².